The van der Waals surface area contributed by atoms with Gasteiger partial charge in [0.2, 0.25) is 0 Å². The maximum atomic E-state index is 13.7. The summed E-state index contributed by atoms with van der Waals surface area (Å²) in [6.07, 6.45) is 5.75. The number of hydrogen-bond donors (Lipinski definition) is 0. The van der Waals surface area contributed by atoms with Crippen LogP contribution in [0.25, 0.3) is 0 Å². The van der Waals surface area contributed by atoms with E-state index in [4.69, 9.17) is 4.74 Å². The average molecular weight is 484 g/mol. The first kappa shape index (κ1) is 26.7. The number of rotatable bonds is 6. The summed E-state index contributed by atoms with van der Waals surface area (Å²) in [4.78, 5) is 28.5. The van der Waals surface area contributed by atoms with E-state index in [0.29, 0.717) is 18.3 Å². The number of hydrogen-bond acceptors (Lipinski definition) is 3. The van der Waals surface area contributed by atoms with E-state index in [1.165, 1.54) is 5.56 Å². The number of amides is 1. The molecule has 0 aromatic heterocycles. The molecule has 2 aliphatic rings. The third kappa shape index (κ3) is 6.02. The first-order valence-electron chi connectivity index (χ1n) is 13.1. The van der Waals surface area contributed by atoms with Crippen LogP contribution in [0.3, 0.4) is 0 Å². The predicted molar refractivity (Wildman–Crippen MR) is 142 cm³/mol. The van der Waals surface area contributed by atoms with Gasteiger partial charge in [-0.15, -0.1) is 0 Å². The molecule has 3 rings (SSSR count). The number of nitrogens with zero attached hydrogens (tertiary/aromatic N) is 1. The molecule has 1 aromatic carbocycles. The van der Waals surface area contributed by atoms with Crippen molar-refractivity contribution in [2.24, 2.45) is 17.8 Å². The Balaban J connectivity index is 1.90. The minimum Gasteiger partial charge on any atom is -0.446 e. The van der Waals surface area contributed by atoms with Crippen LogP contribution < -0.4 is 0 Å². The zero-order valence-corrected chi connectivity index (χ0v) is 23.6. The van der Waals surface area contributed by atoms with E-state index in [2.05, 4.69) is 84.6 Å². The van der Waals surface area contributed by atoms with Gasteiger partial charge in [-0.2, -0.15) is 0 Å². The normalized spacial score (nSPS) is 26.4. The Morgan fingerprint density at radius 2 is 1.79 bits per heavy atom. The molecular formula is C29H45NO3Si. The highest BCUT2D eigenvalue weighted by atomic mass is 28.3. The Labute approximate surface area is 208 Å². The molecule has 1 amide bonds. The zero-order chi connectivity index (χ0) is 25.3. The van der Waals surface area contributed by atoms with Gasteiger partial charge < -0.3 is 4.74 Å². The van der Waals surface area contributed by atoms with Crippen LogP contribution in [0, 0.1) is 17.8 Å². The van der Waals surface area contributed by atoms with Gasteiger partial charge in [0, 0.05) is 24.6 Å². The summed E-state index contributed by atoms with van der Waals surface area (Å²) in [5.41, 5.74) is 1.19. The van der Waals surface area contributed by atoms with Crippen molar-refractivity contribution < 1.29 is 14.3 Å². The molecule has 34 heavy (non-hydrogen) atoms. The third-order valence-corrected chi connectivity index (χ3v) is 9.92. The minimum absolute atomic E-state index is 0.0964. The van der Waals surface area contributed by atoms with Gasteiger partial charge in [-0.3, -0.25) is 9.69 Å². The van der Waals surface area contributed by atoms with Gasteiger partial charge in [-0.25, -0.2) is 4.79 Å². The monoisotopic (exact) mass is 483 g/mol. The van der Waals surface area contributed by atoms with Crippen molar-refractivity contribution in [3.05, 3.63) is 47.3 Å². The van der Waals surface area contributed by atoms with Gasteiger partial charge >= 0.3 is 6.09 Å². The maximum Gasteiger partial charge on any atom is 0.414 e. The molecular weight excluding hydrogens is 438 g/mol. The van der Waals surface area contributed by atoms with Crippen LogP contribution >= 0.6 is 0 Å². The first-order chi connectivity index (χ1) is 15.8. The molecule has 0 saturated heterocycles. The second kappa shape index (κ2) is 10.4. The molecule has 0 spiro atoms. The van der Waals surface area contributed by atoms with Gasteiger partial charge in [0.1, 0.15) is 6.10 Å². The Hall–Kier alpha value is -1.88. The van der Waals surface area contributed by atoms with Crippen LogP contribution in [-0.2, 0) is 14.9 Å². The van der Waals surface area contributed by atoms with E-state index in [1.54, 1.807) is 4.90 Å². The lowest BCUT2D eigenvalue weighted by atomic mass is 9.64. The van der Waals surface area contributed by atoms with Crippen LogP contribution in [0.5, 0.6) is 0 Å². The zero-order valence-electron chi connectivity index (χ0n) is 22.6. The summed E-state index contributed by atoms with van der Waals surface area (Å²) in [5.74, 6) is 1.39. The van der Waals surface area contributed by atoms with Crippen LogP contribution in [0.15, 0.2) is 41.7 Å². The van der Waals surface area contributed by atoms with Gasteiger partial charge in [-0.05, 0) is 47.3 Å². The predicted octanol–water partition coefficient (Wildman–Crippen LogP) is 7.36. The lowest BCUT2D eigenvalue weighted by Gasteiger charge is -2.45. The second-order valence-corrected chi connectivity index (χ2v) is 17.7. The number of carbonyl (C=O) groups is 2. The van der Waals surface area contributed by atoms with Crippen LogP contribution in [0.2, 0.25) is 19.6 Å². The molecule has 4 atom stereocenters. The topological polar surface area (TPSA) is 46.6 Å². The second-order valence-electron chi connectivity index (χ2n) is 12.6. The number of allylic oxidation sites excluding steroid dienone is 1. The summed E-state index contributed by atoms with van der Waals surface area (Å²) in [6, 6.07) is 10.5. The Morgan fingerprint density at radius 1 is 1.15 bits per heavy atom. The lowest BCUT2D eigenvalue weighted by molar-refractivity contribution is -0.116. The van der Waals surface area contributed by atoms with Crippen molar-refractivity contribution >= 4 is 20.0 Å². The molecule has 0 bridgehead atoms. The van der Waals surface area contributed by atoms with Crippen LogP contribution in [0.1, 0.15) is 72.3 Å². The minimum atomic E-state index is -1.87. The summed E-state index contributed by atoms with van der Waals surface area (Å²) < 4.78 is 6.38. The highest BCUT2D eigenvalue weighted by molar-refractivity contribution is 6.87. The van der Waals surface area contributed by atoms with Gasteiger partial charge in [-0.1, -0.05) is 91.0 Å². The fourth-order valence-electron chi connectivity index (χ4n) is 5.85. The molecule has 188 valence electrons. The molecule has 1 fully saturated rings. The quantitative estimate of drug-likeness (QED) is 0.397. The molecule has 1 aliphatic heterocycles. The van der Waals surface area contributed by atoms with Crippen molar-refractivity contribution in [3.63, 3.8) is 0 Å². The molecule has 5 heteroatoms. The fourth-order valence-corrected chi connectivity index (χ4v) is 7.32. The van der Waals surface area contributed by atoms with E-state index in [0.717, 1.165) is 30.9 Å². The number of Topliss-reactive ketones (excluding diaryl/α,β-unsaturated/α-hetero) is 1. The number of benzene rings is 1. The van der Waals surface area contributed by atoms with E-state index < -0.39 is 8.07 Å². The van der Waals surface area contributed by atoms with Gasteiger partial charge in [0.15, 0.2) is 5.78 Å². The Morgan fingerprint density at radius 3 is 2.38 bits per heavy atom. The van der Waals surface area contributed by atoms with E-state index >= 15 is 0 Å². The highest BCUT2D eigenvalue weighted by Crippen LogP contribution is 2.44. The molecule has 0 N–H and O–H groups in total. The molecule has 1 aromatic rings. The number of carbonyl (C=O) groups excluding carboxylic acids is 2. The molecule has 4 nitrogen and oxygen atoms in total. The summed E-state index contributed by atoms with van der Waals surface area (Å²) in [6.45, 7) is 17.6. The molecule has 1 saturated carbocycles. The first-order valence-corrected chi connectivity index (χ1v) is 16.6. The van der Waals surface area contributed by atoms with Crippen molar-refractivity contribution in [3.8, 4) is 0 Å². The van der Waals surface area contributed by atoms with Crippen LogP contribution in [-0.4, -0.2) is 37.0 Å². The maximum absolute atomic E-state index is 13.7. The molecule has 1 aliphatic carbocycles. The fraction of sp³-hybridized carbons (Fsp3) is 0.655. The van der Waals surface area contributed by atoms with Crippen molar-refractivity contribution in [2.75, 3.05) is 0 Å². The molecule has 0 radical (unpaired) electrons. The standard InChI is InChI=1S/C29H45NO3Si/c1-20(2)16-23-18-25(31)27(34(6,7)8)19-30(23)28(32)33-26-17-21(3)14-15-24(26)29(4,5)22-12-10-9-11-13-22/h9-13,19-21,23-24,26H,14-18H2,1-8H3/t21-,23-,24-,26-/m1/s1. The van der Waals surface area contributed by atoms with Gasteiger partial charge in [0.25, 0.3) is 0 Å². The number of ketones is 1. The van der Waals surface area contributed by atoms with E-state index in [1.807, 2.05) is 6.20 Å². The van der Waals surface area contributed by atoms with Crippen molar-refractivity contribution in [1.82, 2.24) is 4.90 Å². The molecule has 0 unspecified atom stereocenters. The molecule has 1 heterocycles. The largest absolute Gasteiger partial charge is 0.446 e. The summed E-state index contributed by atoms with van der Waals surface area (Å²) in [7, 11) is -1.87. The van der Waals surface area contributed by atoms with Crippen molar-refractivity contribution in [1.29, 1.82) is 0 Å². The Kier molecular flexibility index (Phi) is 8.17. The third-order valence-electron chi connectivity index (χ3n) is 7.90. The average Bonchev–Trinajstić information content (AvgIpc) is 2.73. The SMILES string of the molecule is CC(C)C[C@@H]1CC(=O)C([Si](C)(C)C)=CN1C(=O)O[C@@H]1C[C@H](C)CC[C@H]1C(C)(C)c1ccccc1. The lowest BCUT2D eigenvalue weighted by Crippen LogP contribution is -2.49. The smallest absolute Gasteiger partial charge is 0.414 e. The number of ether oxygens (including phenoxy) is 1. The summed E-state index contributed by atoms with van der Waals surface area (Å²) >= 11 is 0. The Bertz CT molecular complexity index is 900. The summed E-state index contributed by atoms with van der Waals surface area (Å²) in [5, 5.41) is 0.850. The van der Waals surface area contributed by atoms with Crippen LogP contribution in [0.4, 0.5) is 4.79 Å². The van der Waals surface area contributed by atoms with E-state index in [-0.39, 0.29) is 35.4 Å². The highest BCUT2D eigenvalue weighted by Gasteiger charge is 2.44. The van der Waals surface area contributed by atoms with E-state index in [9.17, 15) is 9.59 Å². The van der Waals surface area contributed by atoms with Gasteiger partial charge in [0.05, 0.1) is 8.07 Å². The van der Waals surface area contributed by atoms with Crippen molar-refractivity contribution in [2.45, 2.75) is 104 Å².